The van der Waals surface area contributed by atoms with Crippen molar-refractivity contribution in [2.45, 2.75) is 0 Å². The van der Waals surface area contributed by atoms with Gasteiger partial charge in [0.2, 0.25) is 0 Å². The molecule has 0 amide bonds. The Morgan fingerprint density at radius 1 is 0.385 bits per heavy atom. The minimum atomic E-state index is 0. The first-order valence-electron chi connectivity index (χ1n) is 0. The van der Waals surface area contributed by atoms with Gasteiger partial charge in [-0.1, -0.05) is 0 Å². The molecule has 0 aromatic rings. The van der Waals surface area contributed by atoms with E-state index in [0.29, 0.717) is 0 Å². The molecule has 0 aliphatic rings. The molecule has 0 atom stereocenters. The summed E-state index contributed by atoms with van der Waals surface area (Å²) in [7, 11) is 0. The fourth-order valence-corrected chi connectivity index (χ4v) is 0. The van der Waals surface area contributed by atoms with E-state index in [1.54, 1.807) is 0 Å². The van der Waals surface area contributed by atoms with E-state index < -0.39 is 0 Å². The average molecular weight is 378 g/mol. The molecule has 0 spiro atoms. The maximum absolute atomic E-state index is 0. The standard InChI is InChI=1S/Co.Cr.Mn.Ni.9H2O/h;;;;9*1H2/q+2;+3;2*+2;;;;;;;;;/p-9. The van der Waals surface area contributed by atoms with Crippen LogP contribution in [0, 0.1) is 0 Å². The van der Waals surface area contributed by atoms with Crippen LogP contribution in [-0.2, 0) is 67.7 Å². The zero-order chi connectivity index (χ0) is 0. The van der Waals surface area contributed by atoms with Crippen molar-refractivity contribution in [1.82, 2.24) is 0 Å². The van der Waals surface area contributed by atoms with Crippen molar-refractivity contribution < 1.29 is 117 Å². The SMILES string of the molecule is [Co+2].[Cr+3].[Mn+2].[Ni+2].[OH-].[OH-].[OH-].[OH-].[OH-].[OH-].[OH-].[OH-].[OH-]. The van der Waals surface area contributed by atoms with Gasteiger partial charge >= 0.3 is 67.7 Å². The van der Waals surface area contributed by atoms with E-state index in [0.717, 1.165) is 0 Å². The van der Waals surface area contributed by atoms with E-state index in [9.17, 15) is 0 Å². The first kappa shape index (κ1) is 962. The molecule has 13 heteroatoms. The molecule has 0 bridgehead atoms. The molecular weight excluding hydrogens is 369 g/mol. The Balaban J connectivity index is 0. The molecule has 0 aromatic heterocycles. The van der Waals surface area contributed by atoms with Gasteiger partial charge in [0.05, 0.1) is 0 Å². The minimum Gasteiger partial charge on any atom is -0.870 e. The molecule has 9 N–H and O–H groups in total. The third-order valence-corrected chi connectivity index (χ3v) is 0. The summed E-state index contributed by atoms with van der Waals surface area (Å²) in [6, 6.07) is 0. The maximum atomic E-state index is 0. The van der Waals surface area contributed by atoms with Crippen LogP contribution >= 0.6 is 0 Å². The van der Waals surface area contributed by atoms with Gasteiger partial charge in [0.25, 0.3) is 0 Å². The summed E-state index contributed by atoms with van der Waals surface area (Å²) in [5.74, 6) is 0. The van der Waals surface area contributed by atoms with Gasteiger partial charge in [-0.25, -0.2) is 0 Å². The number of hydrogen-bond acceptors (Lipinski definition) is 9. The van der Waals surface area contributed by atoms with Crippen LogP contribution < -0.4 is 0 Å². The van der Waals surface area contributed by atoms with E-state index in [1.807, 2.05) is 0 Å². The molecule has 0 saturated carbocycles. The monoisotopic (exact) mass is 377 g/mol. The van der Waals surface area contributed by atoms with Crippen molar-refractivity contribution in [3.63, 3.8) is 0 Å². The molecule has 0 fully saturated rings. The Morgan fingerprint density at radius 2 is 0.385 bits per heavy atom. The van der Waals surface area contributed by atoms with Crippen molar-refractivity contribution in [2.75, 3.05) is 0 Å². The van der Waals surface area contributed by atoms with Crippen molar-refractivity contribution in [2.24, 2.45) is 0 Å². The van der Waals surface area contributed by atoms with Crippen molar-refractivity contribution in [3.05, 3.63) is 0 Å². The van der Waals surface area contributed by atoms with E-state index >= 15 is 0 Å². The van der Waals surface area contributed by atoms with E-state index in [2.05, 4.69) is 0 Å². The number of hydrogen-bond donors (Lipinski definition) is 0. The number of rotatable bonds is 0. The van der Waals surface area contributed by atoms with E-state index in [4.69, 9.17) is 0 Å². The quantitative estimate of drug-likeness (QED) is 0.438. The van der Waals surface area contributed by atoms with Gasteiger partial charge in [0.1, 0.15) is 0 Å². The maximum Gasteiger partial charge on any atom is 3.00 e. The summed E-state index contributed by atoms with van der Waals surface area (Å²) in [6.45, 7) is 0. The van der Waals surface area contributed by atoms with Gasteiger partial charge in [-0.3, -0.25) is 0 Å². The average Bonchev–Trinajstić information content (AvgIpc) is 0. The Morgan fingerprint density at radius 3 is 0.385 bits per heavy atom. The van der Waals surface area contributed by atoms with Gasteiger partial charge in [0, 0.05) is 0 Å². The molecule has 0 aromatic carbocycles. The van der Waals surface area contributed by atoms with Crippen LogP contribution in [0.3, 0.4) is 0 Å². The van der Waals surface area contributed by atoms with Gasteiger partial charge in [-0.15, -0.1) is 0 Å². The van der Waals surface area contributed by atoms with Crippen molar-refractivity contribution in [3.8, 4) is 0 Å². The molecule has 95 valence electrons. The third-order valence-electron chi connectivity index (χ3n) is 0. The topological polar surface area (TPSA) is 270 Å². The molecule has 9 nitrogen and oxygen atoms in total. The summed E-state index contributed by atoms with van der Waals surface area (Å²) in [5.41, 5.74) is 0. The largest absolute Gasteiger partial charge is 3.00 e. The normalized spacial score (nSPS) is 0. The predicted molar refractivity (Wildman–Crippen MR) is 17.4 cm³/mol. The van der Waals surface area contributed by atoms with Gasteiger partial charge < -0.3 is 49.3 Å². The van der Waals surface area contributed by atoms with E-state index in [-0.39, 0.29) is 117 Å². The van der Waals surface area contributed by atoms with Crippen LogP contribution in [0.15, 0.2) is 0 Å². The first-order valence-corrected chi connectivity index (χ1v) is 0. The molecule has 0 unspecified atom stereocenters. The van der Waals surface area contributed by atoms with Crippen molar-refractivity contribution >= 4 is 0 Å². The summed E-state index contributed by atoms with van der Waals surface area (Å²) >= 11 is 0. The van der Waals surface area contributed by atoms with Gasteiger partial charge in [0.15, 0.2) is 0 Å². The molecule has 0 aliphatic carbocycles. The Bertz CT molecular complexity index is 19.6. The van der Waals surface area contributed by atoms with Crippen LogP contribution in [0.25, 0.3) is 0 Å². The summed E-state index contributed by atoms with van der Waals surface area (Å²) < 4.78 is 0. The van der Waals surface area contributed by atoms with Crippen LogP contribution in [0.4, 0.5) is 0 Å². The van der Waals surface area contributed by atoms with Crippen LogP contribution in [0.5, 0.6) is 0 Å². The van der Waals surface area contributed by atoms with Gasteiger partial charge in [-0.05, 0) is 0 Å². The minimum absolute atomic E-state index is 0. The summed E-state index contributed by atoms with van der Waals surface area (Å²) in [5, 5.41) is 0. The molecule has 0 heterocycles. The zero-order valence-electron chi connectivity index (χ0n) is 5.46. The fourth-order valence-electron chi connectivity index (χ4n) is 0. The first-order chi connectivity index (χ1) is 0. The zero-order valence-corrected chi connectivity index (χ0v) is 9.94. The molecule has 0 saturated heterocycles. The molecule has 13 heavy (non-hydrogen) atoms. The smallest absolute Gasteiger partial charge is 0.870 e. The fraction of sp³-hybridized carbons (Fsp3) is 0. The Labute approximate surface area is 117 Å². The van der Waals surface area contributed by atoms with E-state index in [1.165, 1.54) is 0 Å². The molecule has 3 radical (unpaired) electrons. The Kier molecular flexibility index (Phi) is 57000. The van der Waals surface area contributed by atoms with Crippen LogP contribution in [0.2, 0.25) is 0 Å². The second kappa shape index (κ2) is 770. The Hall–Kier alpha value is 1.69. The van der Waals surface area contributed by atoms with Gasteiger partial charge in [-0.2, -0.15) is 0 Å². The second-order valence-corrected chi connectivity index (χ2v) is 0. The molecule has 0 aliphatic heterocycles. The summed E-state index contributed by atoms with van der Waals surface area (Å²) in [6.07, 6.45) is 0. The third kappa shape index (κ3) is 654. The summed E-state index contributed by atoms with van der Waals surface area (Å²) in [4.78, 5) is 0. The van der Waals surface area contributed by atoms with Crippen LogP contribution in [-0.4, -0.2) is 49.3 Å². The second-order valence-electron chi connectivity index (χ2n) is 0. The molecule has 0 rings (SSSR count). The van der Waals surface area contributed by atoms with Crippen LogP contribution in [0.1, 0.15) is 0 Å². The molecular formula is H9CoCrMnNiO9. The predicted octanol–water partition coefficient (Wildman–Crippen LogP) is -1.60. The van der Waals surface area contributed by atoms with Crippen molar-refractivity contribution in [1.29, 1.82) is 0 Å².